The van der Waals surface area contributed by atoms with Crippen molar-refractivity contribution in [3.05, 3.63) is 10.9 Å². The number of hydrogen-bond acceptors (Lipinski definition) is 6. The van der Waals surface area contributed by atoms with Crippen LogP contribution in [0.4, 0.5) is 11.8 Å². The van der Waals surface area contributed by atoms with Gasteiger partial charge in [-0.3, -0.25) is 4.79 Å². The van der Waals surface area contributed by atoms with Crippen LogP contribution in [0.1, 0.15) is 18.7 Å². The van der Waals surface area contributed by atoms with Crippen molar-refractivity contribution in [2.45, 2.75) is 20.8 Å². The summed E-state index contributed by atoms with van der Waals surface area (Å²) in [7, 11) is 3.44. The number of aromatic nitrogens is 2. The highest BCUT2D eigenvalue weighted by Gasteiger charge is 2.26. The first-order valence-corrected chi connectivity index (χ1v) is 7.61. The van der Waals surface area contributed by atoms with Crippen LogP contribution in [0.5, 0.6) is 0 Å². The van der Waals surface area contributed by atoms with Crippen LogP contribution < -0.4 is 16.0 Å². The molecule has 21 heavy (non-hydrogen) atoms. The van der Waals surface area contributed by atoms with Gasteiger partial charge in [0.25, 0.3) is 0 Å². The van der Waals surface area contributed by atoms with Crippen LogP contribution in [0.25, 0.3) is 10.2 Å². The molecule has 1 amide bonds. The molecule has 0 saturated heterocycles. The molecule has 0 aliphatic heterocycles. The van der Waals surface area contributed by atoms with Crippen LogP contribution in [-0.2, 0) is 4.79 Å². The monoisotopic (exact) mass is 307 g/mol. The van der Waals surface area contributed by atoms with E-state index in [9.17, 15) is 4.79 Å². The Balaban J connectivity index is 2.31. The Hall–Kier alpha value is -1.89. The van der Waals surface area contributed by atoms with Gasteiger partial charge in [0.1, 0.15) is 10.6 Å². The van der Waals surface area contributed by atoms with Gasteiger partial charge < -0.3 is 16.0 Å². The highest BCUT2D eigenvalue weighted by molar-refractivity contribution is 7.18. The molecular formula is C14H21N5OS. The predicted octanol–water partition coefficient (Wildman–Crippen LogP) is 2.23. The Labute approximate surface area is 128 Å². The van der Waals surface area contributed by atoms with Crippen LogP contribution in [0, 0.1) is 12.3 Å². The second kappa shape index (κ2) is 5.85. The van der Waals surface area contributed by atoms with E-state index in [1.165, 1.54) is 4.88 Å². The van der Waals surface area contributed by atoms with Crippen LogP contribution in [0.3, 0.4) is 0 Å². The summed E-state index contributed by atoms with van der Waals surface area (Å²) in [6, 6.07) is 2.06. The second-order valence-electron chi connectivity index (χ2n) is 5.54. The summed E-state index contributed by atoms with van der Waals surface area (Å²) >= 11 is 1.63. The zero-order valence-electron chi connectivity index (χ0n) is 13.0. The van der Waals surface area contributed by atoms with E-state index in [1.807, 2.05) is 20.8 Å². The molecule has 0 aliphatic carbocycles. The molecule has 0 aliphatic rings. The minimum Gasteiger partial charge on any atom is -0.368 e. The molecule has 2 aromatic heterocycles. The summed E-state index contributed by atoms with van der Waals surface area (Å²) in [6.07, 6.45) is 0. The maximum atomic E-state index is 11.9. The summed E-state index contributed by atoms with van der Waals surface area (Å²) in [4.78, 5) is 22.9. The van der Waals surface area contributed by atoms with Crippen LogP contribution in [0.15, 0.2) is 6.07 Å². The molecule has 2 rings (SSSR count). The Morgan fingerprint density at radius 2 is 2.05 bits per heavy atom. The Kier molecular flexibility index (Phi) is 4.32. The van der Waals surface area contributed by atoms with E-state index in [1.54, 1.807) is 25.4 Å². The van der Waals surface area contributed by atoms with Gasteiger partial charge in [-0.25, -0.2) is 4.98 Å². The van der Waals surface area contributed by atoms with Gasteiger partial charge in [-0.05, 0) is 26.8 Å². The van der Waals surface area contributed by atoms with Gasteiger partial charge in [0.05, 0.1) is 10.8 Å². The summed E-state index contributed by atoms with van der Waals surface area (Å²) < 4.78 is 0. The summed E-state index contributed by atoms with van der Waals surface area (Å²) in [5.41, 5.74) is -0.517. The first kappa shape index (κ1) is 15.5. The van der Waals surface area contributed by atoms with E-state index in [0.717, 1.165) is 16.0 Å². The van der Waals surface area contributed by atoms with Gasteiger partial charge in [-0.1, -0.05) is 0 Å². The normalized spacial score (nSPS) is 11.5. The number of nitrogens with zero attached hydrogens (tertiary/aromatic N) is 2. The molecule has 0 spiro atoms. The lowest BCUT2D eigenvalue weighted by molar-refractivity contribution is -0.128. The quantitative estimate of drug-likeness (QED) is 0.789. The van der Waals surface area contributed by atoms with E-state index in [2.05, 4.69) is 32.0 Å². The van der Waals surface area contributed by atoms with E-state index >= 15 is 0 Å². The third-order valence-electron chi connectivity index (χ3n) is 3.28. The molecule has 2 aromatic rings. The van der Waals surface area contributed by atoms with Crippen molar-refractivity contribution >= 4 is 39.2 Å². The van der Waals surface area contributed by atoms with Crippen molar-refractivity contribution < 1.29 is 4.79 Å². The molecule has 3 N–H and O–H groups in total. The summed E-state index contributed by atoms with van der Waals surface area (Å²) in [5, 5.41) is 9.92. The smallest absolute Gasteiger partial charge is 0.227 e. The lowest BCUT2D eigenvalue weighted by Gasteiger charge is -2.23. The SMILES string of the molecule is CNC(=O)C(C)(C)CNc1nc(NC)nc2sc(C)cc12. The molecule has 0 bridgehead atoms. The van der Waals surface area contributed by atoms with Crippen LogP contribution >= 0.6 is 11.3 Å². The minimum atomic E-state index is -0.517. The number of carbonyl (C=O) groups excluding carboxylic acids is 1. The van der Waals surface area contributed by atoms with Gasteiger partial charge in [-0.2, -0.15) is 4.98 Å². The maximum Gasteiger partial charge on any atom is 0.227 e. The fourth-order valence-corrected chi connectivity index (χ4v) is 2.89. The number of thiophene rings is 1. The molecule has 6 nitrogen and oxygen atoms in total. The number of hydrogen-bond donors (Lipinski definition) is 3. The molecule has 2 heterocycles. The highest BCUT2D eigenvalue weighted by atomic mass is 32.1. The molecule has 0 atom stereocenters. The Morgan fingerprint density at radius 3 is 2.67 bits per heavy atom. The van der Waals surface area contributed by atoms with Gasteiger partial charge in [-0.15, -0.1) is 11.3 Å². The first-order valence-electron chi connectivity index (χ1n) is 6.79. The lowest BCUT2D eigenvalue weighted by Crippen LogP contribution is -2.39. The number of aryl methyl sites for hydroxylation is 1. The van der Waals surface area contributed by atoms with E-state index in [4.69, 9.17) is 0 Å². The molecule has 0 unspecified atom stereocenters. The van der Waals surface area contributed by atoms with Crippen molar-refractivity contribution in [2.75, 3.05) is 31.3 Å². The largest absolute Gasteiger partial charge is 0.368 e. The average molecular weight is 307 g/mol. The average Bonchev–Trinajstić information content (AvgIpc) is 2.83. The third kappa shape index (κ3) is 3.24. The van der Waals surface area contributed by atoms with Crippen LogP contribution in [0.2, 0.25) is 0 Å². The zero-order chi connectivity index (χ0) is 15.6. The van der Waals surface area contributed by atoms with Crippen LogP contribution in [-0.4, -0.2) is 36.5 Å². The second-order valence-corrected chi connectivity index (χ2v) is 6.77. The van der Waals surface area contributed by atoms with Crippen molar-refractivity contribution in [3.8, 4) is 0 Å². The predicted molar refractivity (Wildman–Crippen MR) is 88.0 cm³/mol. The highest BCUT2D eigenvalue weighted by Crippen LogP contribution is 2.30. The van der Waals surface area contributed by atoms with E-state index in [-0.39, 0.29) is 5.91 Å². The number of amides is 1. The Bertz CT molecular complexity index is 665. The fourth-order valence-electron chi connectivity index (χ4n) is 2.01. The van der Waals surface area contributed by atoms with Gasteiger partial charge in [0, 0.05) is 25.5 Å². The summed E-state index contributed by atoms with van der Waals surface area (Å²) in [5.74, 6) is 1.32. The molecular weight excluding hydrogens is 286 g/mol. The fraction of sp³-hybridized carbons (Fsp3) is 0.500. The van der Waals surface area contributed by atoms with E-state index in [0.29, 0.717) is 12.5 Å². The maximum absolute atomic E-state index is 11.9. The van der Waals surface area contributed by atoms with Crippen molar-refractivity contribution in [2.24, 2.45) is 5.41 Å². The zero-order valence-corrected chi connectivity index (χ0v) is 13.8. The topological polar surface area (TPSA) is 78.9 Å². The van der Waals surface area contributed by atoms with Gasteiger partial charge in [0.15, 0.2) is 0 Å². The van der Waals surface area contributed by atoms with E-state index < -0.39 is 5.41 Å². The van der Waals surface area contributed by atoms with Gasteiger partial charge >= 0.3 is 0 Å². The molecule has 0 saturated carbocycles. The lowest BCUT2D eigenvalue weighted by atomic mass is 9.92. The molecule has 0 fully saturated rings. The number of fused-ring (bicyclic) bond motifs is 1. The standard InChI is InChI=1S/C14H21N5OS/c1-8-6-9-10(17-7-14(2,3)12(20)15-4)18-13(16-5)19-11(9)21-8/h6H,7H2,1-5H3,(H,15,20)(H2,16,17,18,19). The third-order valence-corrected chi connectivity index (χ3v) is 4.22. The molecule has 0 aromatic carbocycles. The Morgan fingerprint density at radius 1 is 1.33 bits per heavy atom. The molecule has 7 heteroatoms. The minimum absolute atomic E-state index is 0.00404. The van der Waals surface area contributed by atoms with Crippen molar-refractivity contribution in [1.29, 1.82) is 0 Å². The summed E-state index contributed by atoms with van der Waals surface area (Å²) in [6.45, 7) is 6.34. The van der Waals surface area contributed by atoms with Crippen molar-refractivity contribution in [1.82, 2.24) is 15.3 Å². The molecule has 0 radical (unpaired) electrons. The number of rotatable bonds is 5. The number of anilines is 2. The number of carbonyl (C=O) groups is 1. The first-order chi connectivity index (χ1) is 9.87. The number of nitrogens with one attached hydrogen (secondary N) is 3. The molecule has 114 valence electrons. The van der Waals surface area contributed by atoms with Gasteiger partial charge in [0.2, 0.25) is 11.9 Å². The van der Waals surface area contributed by atoms with Crippen molar-refractivity contribution in [3.63, 3.8) is 0 Å².